The largest absolute Gasteiger partial charge is 0.487 e. The van der Waals surface area contributed by atoms with E-state index in [1.54, 1.807) is 24.3 Å². The van der Waals surface area contributed by atoms with Crippen molar-refractivity contribution in [3.8, 4) is 5.75 Å². The first-order valence-electron chi connectivity index (χ1n) is 4.86. The Balaban J connectivity index is 2.02. The van der Waals surface area contributed by atoms with Crippen LogP contribution in [0.1, 0.15) is 14.5 Å². The normalized spacial score (nSPS) is 10.2. The summed E-state index contributed by atoms with van der Waals surface area (Å²) >= 11 is 7.13. The lowest BCUT2D eigenvalue weighted by Crippen LogP contribution is -1.93. The van der Waals surface area contributed by atoms with E-state index in [1.165, 1.54) is 11.3 Å². The zero-order chi connectivity index (χ0) is 12.3. The van der Waals surface area contributed by atoms with E-state index in [0.717, 1.165) is 4.88 Å². The summed E-state index contributed by atoms with van der Waals surface area (Å²) in [6.07, 6.45) is 0. The minimum atomic E-state index is -0.918. The van der Waals surface area contributed by atoms with Crippen molar-refractivity contribution in [3.05, 3.63) is 51.2 Å². The summed E-state index contributed by atoms with van der Waals surface area (Å²) < 4.78 is 5.50. The molecule has 1 aromatic heterocycles. The lowest BCUT2D eigenvalue weighted by Gasteiger charge is -2.05. The van der Waals surface area contributed by atoms with Gasteiger partial charge in [-0.2, -0.15) is 0 Å². The quantitative estimate of drug-likeness (QED) is 0.920. The summed E-state index contributed by atoms with van der Waals surface area (Å²) in [4.78, 5) is 11.8. The van der Waals surface area contributed by atoms with Gasteiger partial charge >= 0.3 is 5.97 Å². The van der Waals surface area contributed by atoms with E-state index in [2.05, 4.69) is 0 Å². The number of ether oxygens (including phenoxy) is 1. The topological polar surface area (TPSA) is 46.5 Å². The van der Waals surface area contributed by atoms with Gasteiger partial charge in [-0.1, -0.05) is 23.7 Å². The number of benzene rings is 1. The highest BCUT2D eigenvalue weighted by Crippen LogP contribution is 2.25. The summed E-state index contributed by atoms with van der Waals surface area (Å²) in [6, 6.07) is 10.5. The molecule has 0 spiro atoms. The van der Waals surface area contributed by atoms with Gasteiger partial charge in [0, 0.05) is 4.88 Å². The molecule has 0 amide bonds. The summed E-state index contributed by atoms with van der Waals surface area (Å²) in [7, 11) is 0. The predicted octanol–water partition coefficient (Wildman–Crippen LogP) is 3.68. The molecule has 0 saturated carbocycles. The average molecular weight is 269 g/mol. The molecule has 0 bridgehead atoms. The summed E-state index contributed by atoms with van der Waals surface area (Å²) in [5.41, 5.74) is 0. The van der Waals surface area contributed by atoms with Crippen LogP contribution in [0.2, 0.25) is 5.02 Å². The molecule has 0 atom stereocenters. The molecule has 0 aliphatic rings. The van der Waals surface area contributed by atoms with E-state index in [1.807, 2.05) is 12.1 Å². The maximum atomic E-state index is 10.7. The number of hydrogen-bond acceptors (Lipinski definition) is 3. The minimum absolute atomic E-state index is 0.308. The summed E-state index contributed by atoms with van der Waals surface area (Å²) in [5.74, 6) is -0.321. The molecular weight excluding hydrogens is 260 g/mol. The Morgan fingerprint density at radius 1 is 1.29 bits per heavy atom. The zero-order valence-electron chi connectivity index (χ0n) is 8.72. The predicted molar refractivity (Wildman–Crippen MR) is 67.1 cm³/mol. The smallest absolute Gasteiger partial charge is 0.345 e. The number of rotatable bonds is 4. The van der Waals surface area contributed by atoms with Crippen LogP contribution in [0.4, 0.5) is 0 Å². The number of carboxylic acids is 1. The fraction of sp³-hybridized carbons (Fsp3) is 0.0833. The molecule has 17 heavy (non-hydrogen) atoms. The molecular formula is C12H9ClO3S. The van der Waals surface area contributed by atoms with Crippen molar-refractivity contribution in [1.82, 2.24) is 0 Å². The van der Waals surface area contributed by atoms with Crippen molar-refractivity contribution in [3.63, 3.8) is 0 Å². The van der Waals surface area contributed by atoms with E-state index in [0.29, 0.717) is 22.3 Å². The molecule has 2 rings (SSSR count). The summed E-state index contributed by atoms with van der Waals surface area (Å²) in [6.45, 7) is 0.321. The molecule has 2 aromatic rings. The van der Waals surface area contributed by atoms with Crippen molar-refractivity contribution in [2.75, 3.05) is 0 Å². The molecule has 0 radical (unpaired) electrons. The monoisotopic (exact) mass is 268 g/mol. The number of carboxylic acid groups (broad SMARTS) is 1. The third-order valence-corrected chi connectivity index (χ3v) is 3.44. The van der Waals surface area contributed by atoms with Gasteiger partial charge in [0.05, 0.1) is 5.02 Å². The van der Waals surface area contributed by atoms with Gasteiger partial charge in [-0.15, -0.1) is 11.3 Å². The van der Waals surface area contributed by atoms with Crippen LogP contribution in [0, 0.1) is 0 Å². The number of carbonyl (C=O) groups is 1. The van der Waals surface area contributed by atoms with Crippen molar-refractivity contribution in [2.24, 2.45) is 0 Å². The second kappa shape index (κ2) is 5.21. The van der Waals surface area contributed by atoms with E-state index in [-0.39, 0.29) is 0 Å². The van der Waals surface area contributed by atoms with Crippen LogP contribution in [0.5, 0.6) is 5.75 Å². The Labute approximate surface area is 107 Å². The maximum Gasteiger partial charge on any atom is 0.345 e. The van der Waals surface area contributed by atoms with Crippen molar-refractivity contribution in [1.29, 1.82) is 0 Å². The lowest BCUT2D eigenvalue weighted by molar-refractivity contribution is 0.0702. The van der Waals surface area contributed by atoms with Crippen LogP contribution < -0.4 is 4.74 Å². The number of para-hydroxylation sites is 1. The first-order valence-corrected chi connectivity index (χ1v) is 6.05. The minimum Gasteiger partial charge on any atom is -0.487 e. The van der Waals surface area contributed by atoms with Crippen LogP contribution in [0.25, 0.3) is 0 Å². The molecule has 0 unspecified atom stereocenters. The first-order chi connectivity index (χ1) is 8.16. The molecule has 0 saturated heterocycles. The average Bonchev–Trinajstić information content (AvgIpc) is 2.77. The molecule has 1 heterocycles. The zero-order valence-corrected chi connectivity index (χ0v) is 10.3. The number of halogens is 1. The van der Waals surface area contributed by atoms with Crippen molar-refractivity contribution < 1.29 is 14.6 Å². The highest BCUT2D eigenvalue weighted by Gasteiger charge is 2.07. The fourth-order valence-electron chi connectivity index (χ4n) is 1.28. The molecule has 0 fully saturated rings. The van der Waals surface area contributed by atoms with Gasteiger partial charge in [0.1, 0.15) is 17.2 Å². The van der Waals surface area contributed by atoms with Gasteiger partial charge < -0.3 is 9.84 Å². The molecule has 1 aromatic carbocycles. The molecule has 0 aliphatic heterocycles. The fourth-order valence-corrected chi connectivity index (χ4v) is 2.23. The van der Waals surface area contributed by atoms with E-state index in [9.17, 15) is 4.79 Å². The molecule has 88 valence electrons. The van der Waals surface area contributed by atoms with Crippen LogP contribution in [-0.2, 0) is 6.61 Å². The van der Waals surface area contributed by atoms with E-state index in [4.69, 9.17) is 21.4 Å². The van der Waals surface area contributed by atoms with E-state index < -0.39 is 5.97 Å². The molecule has 1 N–H and O–H groups in total. The Morgan fingerprint density at radius 3 is 2.71 bits per heavy atom. The van der Waals surface area contributed by atoms with Crippen molar-refractivity contribution in [2.45, 2.75) is 6.61 Å². The Hall–Kier alpha value is -1.52. The van der Waals surface area contributed by atoms with Crippen molar-refractivity contribution >= 4 is 28.9 Å². The second-order valence-electron chi connectivity index (χ2n) is 3.29. The van der Waals surface area contributed by atoms with Gasteiger partial charge in [-0.05, 0) is 24.3 Å². The third-order valence-electron chi connectivity index (χ3n) is 2.08. The molecule has 5 heteroatoms. The van der Waals surface area contributed by atoms with Gasteiger partial charge in [0.2, 0.25) is 0 Å². The van der Waals surface area contributed by atoms with Gasteiger partial charge in [0.15, 0.2) is 0 Å². The molecule has 3 nitrogen and oxygen atoms in total. The van der Waals surface area contributed by atoms with Gasteiger partial charge in [-0.3, -0.25) is 0 Å². The van der Waals surface area contributed by atoms with Gasteiger partial charge in [0.25, 0.3) is 0 Å². The first kappa shape index (κ1) is 12.0. The lowest BCUT2D eigenvalue weighted by atomic mass is 10.3. The maximum absolute atomic E-state index is 10.7. The number of thiophene rings is 1. The standard InChI is InChI=1S/C12H9ClO3S/c13-9-3-1-2-4-10(9)16-7-8-5-6-11(17-8)12(14)15/h1-6H,7H2,(H,14,15). The van der Waals surface area contributed by atoms with Crippen LogP contribution in [0.15, 0.2) is 36.4 Å². The second-order valence-corrected chi connectivity index (χ2v) is 4.87. The highest BCUT2D eigenvalue weighted by molar-refractivity contribution is 7.13. The Bertz CT molecular complexity index is 536. The molecule has 0 aliphatic carbocycles. The van der Waals surface area contributed by atoms with E-state index >= 15 is 0 Å². The highest BCUT2D eigenvalue weighted by atomic mass is 35.5. The third kappa shape index (κ3) is 2.99. The number of hydrogen-bond donors (Lipinski definition) is 1. The van der Waals surface area contributed by atoms with Gasteiger partial charge in [-0.25, -0.2) is 4.79 Å². The van der Waals surface area contributed by atoms with Crippen LogP contribution in [-0.4, -0.2) is 11.1 Å². The Morgan fingerprint density at radius 2 is 2.06 bits per heavy atom. The van der Waals surface area contributed by atoms with Crippen LogP contribution >= 0.6 is 22.9 Å². The Kier molecular flexibility index (Phi) is 3.66. The number of aromatic carboxylic acids is 1. The van der Waals surface area contributed by atoms with Crippen LogP contribution in [0.3, 0.4) is 0 Å². The SMILES string of the molecule is O=C(O)c1ccc(COc2ccccc2Cl)s1. The summed E-state index contributed by atoms with van der Waals surface area (Å²) in [5, 5.41) is 9.32.